The number of nitrogens with zero attached hydrogens (tertiary/aromatic N) is 6. The summed E-state index contributed by atoms with van der Waals surface area (Å²) in [5, 5.41) is 3.28. The molecule has 0 aliphatic carbocycles. The topological polar surface area (TPSA) is 97.6 Å². The number of aryl methyl sites for hydroxylation is 2. The number of anilines is 4. The second-order valence-electron chi connectivity index (χ2n) is 7.98. The smallest absolute Gasteiger partial charge is 0.229 e. The van der Waals surface area contributed by atoms with Gasteiger partial charge in [0.2, 0.25) is 11.9 Å². The fourth-order valence-corrected chi connectivity index (χ4v) is 3.78. The van der Waals surface area contributed by atoms with Gasteiger partial charge in [-0.25, -0.2) is 9.97 Å². The molecule has 0 saturated carbocycles. The van der Waals surface area contributed by atoms with Gasteiger partial charge in [0.05, 0.1) is 50.1 Å². The summed E-state index contributed by atoms with van der Waals surface area (Å²) in [4.78, 5) is 29.9. The molecule has 33 heavy (non-hydrogen) atoms. The van der Waals surface area contributed by atoms with Crippen LogP contribution in [0.5, 0.6) is 5.75 Å². The van der Waals surface area contributed by atoms with Gasteiger partial charge in [-0.3, -0.25) is 4.79 Å². The summed E-state index contributed by atoms with van der Waals surface area (Å²) in [7, 11) is 5.32. The molecule has 0 radical (unpaired) electrons. The number of hydrogen-bond donors (Lipinski definition) is 1. The highest BCUT2D eigenvalue weighted by atomic mass is 16.5. The van der Waals surface area contributed by atoms with Crippen molar-refractivity contribution in [3.8, 4) is 11.4 Å². The van der Waals surface area contributed by atoms with E-state index in [1.54, 1.807) is 25.4 Å². The predicted molar refractivity (Wildman–Crippen MR) is 127 cm³/mol. The number of hydrogen-bond acceptors (Lipinski definition) is 8. The molecule has 2 aromatic heterocycles. The molecule has 174 valence electrons. The van der Waals surface area contributed by atoms with Gasteiger partial charge in [-0.2, -0.15) is 4.98 Å². The minimum atomic E-state index is -0.0333. The number of fused-ring (bicyclic) bond motifs is 1. The van der Waals surface area contributed by atoms with Crippen LogP contribution in [0, 0.1) is 13.8 Å². The lowest BCUT2D eigenvalue weighted by Gasteiger charge is -2.28. The van der Waals surface area contributed by atoms with Gasteiger partial charge in [0, 0.05) is 38.6 Å². The Morgan fingerprint density at radius 2 is 1.97 bits per heavy atom. The number of rotatable bonds is 4. The average Bonchev–Trinajstić information content (AvgIpc) is 3.23. The summed E-state index contributed by atoms with van der Waals surface area (Å²) < 4.78 is 13.1. The molecule has 0 bridgehead atoms. The lowest BCUT2D eigenvalue weighted by Crippen LogP contribution is -2.34. The van der Waals surface area contributed by atoms with Crippen molar-refractivity contribution in [3.05, 3.63) is 42.1 Å². The van der Waals surface area contributed by atoms with E-state index in [9.17, 15) is 4.79 Å². The molecule has 10 heteroatoms. The predicted octanol–water partition coefficient (Wildman–Crippen LogP) is 2.85. The zero-order chi connectivity index (χ0) is 23.5. The molecule has 1 N–H and O–H groups in total. The van der Waals surface area contributed by atoms with Crippen LogP contribution in [0.1, 0.15) is 17.8 Å². The maximum atomic E-state index is 12.6. The SMILES string of the molecule is COc1cc(Nc2nc(C)c3c(n2)N(C)CCOCCC(=O)N3C)ccc1-n1cnc(C)c1. The highest BCUT2D eigenvalue weighted by Gasteiger charge is 2.23. The van der Waals surface area contributed by atoms with Gasteiger partial charge >= 0.3 is 0 Å². The van der Waals surface area contributed by atoms with Crippen molar-refractivity contribution in [2.75, 3.05) is 56.1 Å². The number of imidazole rings is 1. The number of methoxy groups -OCH3 is 1. The molecule has 0 fully saturated rings. The summed E-state index contributed by atoms with van der Waals surface area (Å²) in [6.45, 7) is 5.40. The van der Waals surface area contributed by atoms with E-state index in [4.69, 9.17) is 14.5 Å². The number of nitrogens with one attached hydrogen (secondary N) is 1. The van der Waals surface area contributed by atoms with Crippen molar-refractivity contribution in [1.82, 2.24) is 19.5 Å². The normalized spacial score (nSPS) is 14.8. The molecular weight excluding hydrogens is 422 g/mol. The van der Waals surface area contributed by atoms with E-state index >= 15 is 0 Å². The van der Waals surface area contributed by atoms with Gasteiger partial charge in [0.25, 0.3) is 0 Å². The van der Waals surface area contributed by atoms with E-state index < -0.39 is 0 Å². The lowest BCUT2D eigenvalue weighted by atomic mass is 10.2. The molecule has 1 amide bonds. The van der Waals surface area contributed by atoms with Gasteiger partial charge in [-0.05, 0) is 26.0 Å². The van der Waals surface area contributed by atoms with Crippen molar-refractivity contribution in [1.29, 1.82) is 0 Å². The Morgan fingerprint density at radius 3 is 2.70 bits per heavy atom. The van der Waals surface area contributed by atoms with Crippen molar-refractivity contribution in [2.45, 2.75) is 20.3 Å². The number of carbonyl (C=O) groups is 1. The third-order valence-electron chi connectivity index (χ3n) is 5.57. The molecule has 3 aromatic rings. The summed E-state index contributed by atoms with van der Waals surface area (Å²) in [5.41, 5.74) is 4.00. The number of likely N-dealkylation sites (N-methyl/N-ethyl adjacent to an activating group) is 1. The molecule has 1 aliphatic heterocycles. The average molecular weight is 452 g/mol. The third kappa shape index (κ3) is 4.75. The maximum absolute atomic E-state index is 12.6. The Hall–Kier alpha value is -3.66. The van der Waals surface area contributed by atoms with Gasteiger partial charge < -0.3 is 29.2 Å². The minimum Gasteiger partial charge on any atom is -0.494 e. The highest BCUT2D eigenvalue weighted by molar-refractivity contribution is 5.96. The van der Waals surface area contributed by atoms with Gasteiger partial charge in [0.1, 0.15) is 11.4 Å². The zero-order valence-electron chi connectivity index (χ0n) is 19.6. The number of ether oxygens (including phenoxy) is 2. The Labute approximate surface area is 193 Å². The van der Waals surface area contributed by atoms with Crippen molar-refractivity contribution in [3.63, 3.8) is 0 Å². The standard InChI is InChI=1S/C23H29N7O3/c1-15-13-30(14-24-15)18-7-6-17(12-19(18)32-5)26-23-25-16(2)21-22(27-23)28(3)9-11-33-10-8-20(31)29(21)4/h6-7,12-14H,8-11H2,1-5H3,(H,25,26,27). The van der Waals surface area contributed by atoms with Crippen LogP contribution in [0.15, 0.2) is 30.7 Å². The van der Waals surface area contributed by atoms with Gasteiger partial charge in [-0.1, -0.05) is 0 Å². The highest BCUT2D eigenvalue weighted by Crippen LogP contribution is 2.33. The quantitative estimate of drug-likeness (QED) is 0.647. The summed E-state index contributed by atoms with van der Waals surface area (Å²) >= 11 is 0. The zero-order valence-corrected chi connectivity index (χ0v) is 19.6. The number of aromatic nitrogens is 4. The van der Waals surface area contributed by atoms with Crippen molar-refractivity contribution in [2.24, 2.45) is 0 Å². The summed E-state index contributed by atoms with van der Waals surface area (Å²) in [6, 6.07) is 5.78. The summed E-state index contributed by atoms with van der Waals surface area (Å²) in [5.74, 6) is 1.76. The first-order valence-electron chi connectivity index (χ1n) is 10.8. The van der Waals surface area contributed by atoms with E-state index in [-0.39, 0.29) is 5.91 Å². The first kappa shape index (κ1) is 22.5. The fraction of sp³-hybridized carbons (Fsp3) is 0.391. The van der Waals surface area contributed by atoms with Crippen LogP contribution in [0.4, 0.5) is 23.1 Å². The van der Waals surface area contributed by atoms with Crippen LogP contribution in [0.3, 0.4) is 0 Å². The van der Waals surface area contributed by atoms with E-state index in [0.29, 0.717) is 55.1 Å². The number of carbonyl (C=O) groups excluding carboxylic acids is 1. The van der Waals surface area contributed by atoms with Crippen molar-refractivity contribution >= 4 is 29.0 Å². The number of amides is 1. The van der Waals surface area contributed by atoms with E-state index in [2.05, 4.69) is 15.3 Å². The molecule has 10 nitrogen and oxygen atoms in total. The molecular formula is C23H29N7O3. The number of benzene rings is 1. The molecule has 0 saturated heterocycles. The van der Waals surface area contributed by atoms with Crippen LogP contribution in [0.2, 0.25) is 0 Å². The molecule has 1 aliphatic rings. The Bertz CT molecular complexity index is 1160. The lowest BCUT2D eigenvalue weighted by molar-refractivity contribution is -0.119. The van der Waals surface area contributed by atoms with Crippen LogP contribution in [0.25, 0.3) is 5.69 Å². The first-order chi connectivity index (χ1) is 15.9. The van der Waals surface area contributed by atoms with Gasteiger partial charge in [0.15, 0.2) is 5.82 Å². The maximum Gasteiger partial charge on any atom is 0.229 e. The molecule has 1 aromatic carbocycles. The largest absolute Gasteiger partial charge is 0.494 e. The van der Waals surface area contributed by atoms with E-state index in [1.807, 2.05) is 54.8 Å². The molecule has 3 heterocycles. The fourth-order valence-electron chi connectivity index (χ4n) is 3.78. The second-order valence-corrected chi connectivity index (χ2v) is 7.98. The van der Waals surface area contributed by atoms with Gasteiger partial charge in [-0.15, -0.1) is 0 Å². The van der Waals surface area contributed by atoms with Crippen LogP contribution in [-0.4, -0.2) is 66.4 Å². The van der Waals surface area contributed by atoms with Crippen LogP contribution in [-0.2, 0) is 9.53 Å². The van der Waals surface area contributed by atoms with Crippen LogP contribution < -0.4 is 19.9 Å². The molecule has 0 spiro atoms. The molecule has 0 atom stereocenters. The van der Waals surface area contributed by atoms with E-state index in [0.717, 1.165) is 17.1 Å². The first-order valence-corrected chi connectivity index (χ1v) is 10.8. The Kier molecular flexibility index (Phi) is 6.45. The van der Waals surface area contributed by atoms with Crippen LogP contribution >= 0.6 is 0 Å². The van der Waals surface area contributed by atoms with Crippen molar-refractivity contribution < 1.29 is 14.3 Å². The minimum absolute atomic E-state index is 0.0333. The Balaban J connectivity index is 1.68. The summed E-state index contributed by atoms with van der Waals surface area (Å²) in [6.07, 6.45) is 4.01. The molecule has 4 rings (SSSR count). The second kappa shape index (κ2) is 9.45. The Morgan fingerprint density at radius 1 is 1.15 bits per heavy atom. The van der Waals surface area contributed by atoms with E-state index in [1.165, 1.54) is 0 Å². The monoisotopic (exact) mass is 451 g/mol. The third-order valence-corrected chi connectivity index (χ3v) is 5.57. The molecule has 0 unspecified atom stereocenters.